The van der Waals surface area contributed by atoms with Crippen LogP contribution in [-0.4, -0.2) is 62.6 Å². The summed E-state index contributed by atoms with van der Waals surface area (Å²) in [6.07, 6.45) is -4.95. The number of carbonyl (C=O) groups is 1. The number of amides is 1. The zero-order valence-electron chi connectivity index (χ0n) is 55.1. The van der Waals surface area contributed by atoms with Crippen LogP contribution in [0.4, 0.5) is 13.2 Å². The average molecular weight is 1430 g/mol. The van der Waals surface area contributed by atoms with Gasteiger partial charge in [-0.05, 0) is 127 Å². The molecule has 25 nitrogen and oxygen atoms in total. The summed E-state index contributed by atoms with van der Waals surface area (Å²) in [4.78, 5) is 91.0. The Bertz CT molecular complexity index is 6450. The molecule has 5 N–H and O–H groups in total. The van der Waals surface area contributed by atoms with Gasteiger partial charge in [0.2, 0.25) is 5.91 Å². The summed E-state index contributed by atoms with van der Waals surface area (Å²) >= 11 is 0. The minimum absolute atomic E-state index is 0.0529. The van der Waals surface area contributed by atoms with Gasteiger partial charge in [-0.2, -0.15) is 5.26 Å². The lowest BCUT2D eigenvalue weighted by Crippen LogP contribution is -2.20. The number of benzene rings is 9. The van der Waals surface area contributed by atoms with E-state index in [0.29, 0.717) is 72.6 Å². The van der Waals surface area contributed by atoms with Crippen LogP contribution < -0.4 is 72.4 Å². The molecule has 0 aliphatic heterocycles. The molecule has 0 radical (unpaired) electrons. The number of nitrogens with zero attached hydrogens (tertiary/aromatic N) is 4. The summed E-state index contributed by atoms with van der Waals surface area (Å²) in [6.45, 7) is 0. The van der Waals surface area contributed by atoms with Crippen molar-refractivity contribution in [3.05, 3.63) is 292 Å². The van der Waals surface area contributed by atoms with Crippen molar-refractivity contribution in [3.63, 3.8) is 0 Å². The Morgan fingerprint density at radius 2 is 0.745 bits per heavy atom. The normalized spacial score (nSPS) is 11.1. The number of ether oxygens (including phenoxy) is 7. The molecule has 0 fully saturated rings. The standard InChI is InChI=1S/C26H16F3NO7.C26H18N2O7.C26H16N2O6/c1-34-15-10-11-18-19(13-15)30(14-6-3-2-4-7-14)24(32)20-21(31)23(25(33)36-22(18)20)35-16-8-5-9-17(12-16)37-26(27,28)29;1-33-16-10-11-18-19(13-16)28(15-7-3-2-4-8-15)25(31)20-21(29)23(26(32)35-22(18)20)34-17-9-5-6-14(12-17)24(27)30;1-32-18-11-12-19-20(13-18)28(16-5-3-2-4-6-16)25(30)21-22(29)24(26(31)34-23(19)21)33-17-9-7-15(14-27)8-10-17/h2-13,31H,1H3;2-13,29H,1H3,(H2,27,30);2-13,29H,1H3. The number of halogens is 3. The number of para-hydroxylation sites is 3. The lowest BCUT2D eigenvalue weighted by atomic mass is 10.1. The van der Waals surface area contributed by atoms with Crippen molar-refractivity contribution in [3.8, 4) is 97.9 Å². The Kier molecular flexibility index (Phi) is 18.7. The number of fused-ring (bicyclic) bond motifs is 9. The number of nitrogens with two attached hydrogens (primary N) is 1. The van der Waals surface area contributed by atoms with Crippen molar-refractivity contribution in [1.29, 1.82) is 5.26 Å². The molecule has 0 atom stereocenters. The maximum Gasteiger partial charge on any atom is 0.573 e. The zero-order valence-corrected chi connectivity index (χ0v) is 55.1. The topological polar surface area (TPSA) is 349 Å². The van der Waals surface area contributed by atoms with Crippen LogP contribution in [0.2, 0.25) is 0 Å². The molecular weight excluding hydrogens is 1380 g/mol. The SMILES string of the molecule is COc1ccc2c3oc(=O)c(Oc4ccc(C#N)cc4)c(O)c3c(=O)n(-c3ccccc3)c2c1.COc1ccc2c3oc(=O)c(Oc4cccc(C(N)=O)c4)c(O)c3c(=O)n(-c3ccccc3)c2c1.COc1ccc2c3oc(=O)c(Oc4cccc(OC(F)(F)F)c4)c(O)c3c(=O)n(-c3ccccc3)c2c1. The summed E-state index contributed by atoms with van der Waals surface area (Å²) in [5.74, 6) is -3.96. The third-order valence-corrected chi connectivity index (χ3v) is 16.3. The van der Waals surface area contributed by atoms with Gasteiger partial charge in [0.15, 0.2) is 34.0 Å². The van der Waals surface area contributed by atoms with Crippen LogP contribution in [0.1, 0.15) is 15.9 Å². The van der Waals surface area contributed by atoms with Crippen LogP contribution >= 0.6 is 0 Å². The fourth-order valence-corrected chi connectivity index (χ4v) is 11.6. The van der Waals surface area contributed by atoms with E-state index in [-0.39, 0.29) is 55.7 Å². The molecule has 106 heavy (non-hydrogen) atoms. The van der Waals surface area contributed by atoms with Crippen molar-refractivity contribution in [1.82, 2.24) is 13.7 Å². The van der Waals surface area contributed by atoms with Crippen molar-refractivity contribution in [2.45, 2.75) is 6.36 Å². The van der Waals surface area contributed by atoms with Gasteiger partial charge in [0.1, 0.15) is 56.4 Å². The Morgan fingerprint density at radius 1 is 0.415 bits per heavy atom. The molecule has 0 unspecified atom stereocenters. The number of aromatic hydroxyl groups is 3. The lowest BCUT2D eigenvalue weighted by molar-refractivity contribution is -0.274. The van der Waals surface area contributed by atoms with Crippen LogP contribution in [0.15, 0.2) is 260 Å². The van der Waals surface area contributed by atoms with Gasteiger partial charge in [-0.25, -0.2) is 14.4 Å². The van der Waals surface area contributed by atoms with Crippen LogP contribution in [0.5, 0.6) is 74.7 Å². The highest BCUT2D eigenvalue weighted by molar-refractivity contribution is 6.08. The maximum absolute atomic E-state index is 13.7. The Labute approximate surface area is 590 Å². The predicted octanol–water partition coefficient (Wildman–Crippen LogP) is 13.7. The number of methoxy groups -OCH3 is 3. The molecule has 0 saturated carbocycles. The number of alkyl halides is 3. The highest BCUT2D eigenvalue weighted by Crippen LogP contribution is 2.41. The van der Waals surface area contributed by atoms with Gasteiger partial charge in [-0.3, -0.25) is 32.9 Å². The first-order chi connectivity index (χ1) is 51.1. The second-order valence-corrected chi connectivity index (χ2v) is 22.7. The number of carbonyl (C=O) groups excluding carboxylic acids is 1. The molecule has 528 valence electrons. The molecule has 15 aromatic rings. The Hall–Kier alpha value is -15.0. The van der Waals surface area contributed by atoms with Crippen molar-refractivity contribution in [2.24, 2.45) is 5.73 Å². The molecule has 0 spiro atoms. The second-order valence-electron chi connectivity index (χ2n) is 22.7. The van der Waals surface area contributed by atoms with E-state index in [1.807, 2.05) is 12.1 Å². The van der Waals surface area contributed by atoms with E-state index >= 15 is 0 Å². The summed E-state index contributed by atoms with van der Waals surface area (Å²) < 4.78 is 94.5. The molecule has 0 aliphatic carbocycles. The molecule has 9 aromatic carbocycles. The first-order valence-corrected chi connectivity index (χ1v) is 31.3. The van der Waals surface area contributed by atoms with Crippen LogP contribution in [0.3, 0.4) is 0 Å². The fourth-order valence-electron chi connectivity index (χ4n) is 11.6. The molecule has 28 heteroatoms. The number of hydrogen-bond acceptors (Lipinski definition) is 21. The average Bonchev–Trinajstić information content (AvgIpc) is 0.742. The quantitative estimate of drug-likeness (QED) is 0.0735. The Balaban J connectivity index is 0.000000141. The molecule has 6 aromatic heterocycles. The van der Waals surface area contributed by atoms with Gasteiger partial charge in [-0.15, -0.1) is 13.2 Å². The highest BCUT2D eigenvalue weighted by atomic mass is 19.4. The van der Waals surface area contributed by atoms with Crippen LogP contribution in [-0.2, 0) is 0 Å². The van der Waals surface area contributed by atoms with E-state index < -0.39 is 86.1 Å². The fraction of sp³-hybridized carbons (Fsp3) is 0.0513. The molecular formula is C78H50F3N5O20. The second kappa shape index (κ2) is 28.6. The lowest BCUT2D eigenvalue weighted by Gasteiger charge is -2.15. The summed E-state index contributed by atoms with van der Waals surface area (Å²) in [7, 11) is 4.46. The molecule has 6 heterocycles. The number of hydrogen-bond donors (Lipinski definition) is 4. The maximum atomic E-state index is 13.7. The molecule has 0 aliphatic rings. The van der Waals surface area contributed by atoms with E-state index in [4.69, 9.17) is 52.7 Å². The summed E-state index contributed by atoms with van der Waals surface area (Å²) in [6, 6.07) is 58.8. The zero-order chi connectivity index (χ0) is 74.8. The number of primary amides is 1. The van der Waals surface area contributed by atoms with Crippen molar-refractivity contribution in [2.75, 3.05) is 21.3 Å². The van der Waals surface area contributed by atoms with E-state index in [1.165, 1.54) is 95.7 Å². The smallest absolute Gasteiger partial charge is 0.503 e. The number of pyridine rings is 3. The van der Waals surface area contributed by atoms with Crippen LogP contribution in [0.25, 0.3) is 82.7 Å². The summed E-state index contributed by atoms with van der Waals surface area (Å²) in [5, 5.41) is 42.4. The minimum Gasteiger partial charge on any atom is -0.503 e. The molecule has 0 bridgehead atoms. The minimum atomic E-state index is -4.95. The Morgan fingerprint density at radius 3 is 1.08 bits per heavy atom. The predicted molar refractivity (Wildman–Crippen MR) is 381 cm³/mol. The number of aromatic nitrogens is 3. The van der Waals surface area contributed by atoms with E-state index in [9.17, 15) is 62.1 Å². The first-order valence-electron chi connectivity index (χ1n) is 31.3. The number of nitriles is 1. The molecule has 1 amide bonds. The summed E-state index contributed by atoms with van der Waals surface area (Å²) in [5.41, 5.74) is 3.12. The third-order valence-electron chi connectivity index (χ3n) is 16.3. The van der Waals surface area contributed by atoms with Gasteiger partial charge in [0.25, 0.3) is 33.9 Å². The van der Waals surface area contributed by atoms with Gasteiger partial charge in [0.05, 0.1) is 49.5 Å². The largest absolute Gasteiger partial charge is 0.573 e. The molecule has 15 rings (SSSR count). The third kappa shape index (κ3) is 13.4. The van der Waals surface area contributed by atoms with Gasteiger partial charge >= 0.3 is 23.2 Å². The van der Waals surface area contributed by atoms with Gasteiger partial charge in [-0.1, -0.05) is 66.7 Å². The van der Waals surface area contributed by atoms with Crippen molar-refractivity contribution < 1.29 is 79.7 Å². The van der Waals surface area contributed by atoms with E-state index in [0.717, 1.165) is 12.1 Å². The van der Waals surface area contributed by atoms with Gasteiger partial charge < -0.3 is 67.5 Å². The number of rotatable bonds is 14. The van der Waals surface area contributed by atoms with E-state index in [1.54, 1.807) is 140 Å². The highest BCUT2D eigenvalue weighted by Gasteiger charge is 2.32. The molecule has 0 saturated heterocycles. The van der Waals surface area contributed by atoms with Crippen LogP contribution in [0, 0.1) is 11.3 Å². The van der Waals surface area contributed by atoms with Crippen molar-refractivity contribution >= 4 is 71.5 Å². The van der Waals surface area contributed by atoms with Gasteiger partial charge in [0, 0.05) is 63.0 Å². The first kappa shape index (κ1) is 69.5. The monoisotopic (exact) mass is 1430 g/mol. The van der Waals surface area contributed by atoms with E-state index in [2.05, 4.69) is 4.74 Å².